The van der Waals surface area contributed by atoms with Crippen LogP contribution in [0.1, 0.15) is 40.6 Å². The molecule has 1 fully saturated rings. The van der Waals surface area contributed by atoms with Gasteiger partial charge in [0.2, 0.25) is 5.76 Å². The van der Waals surface area contributed by atoms with Gasteiger partial charge in [-0.2, -0.15) is 4.91 Å². The molecule has 2 aliphatic rings. The topological polar surface area (TPSA) is 128 Å². The zero-order chi connectivity index (χ0) is 22.9. The van der Waals surface area contributed by atoms with Gasteiger partial charge >= 0.3 is 12.0 Å². The first-order valence-electron chi connectivity index (χ1n) is 10.8. The Morgan fingerprint density at radius 1 is 1.12 bits per heavy atom. The van der Waals surface area contributed by atoms with Crippen molar-refractivity contribution in [3.05, 3.63) is 70.6 Å². The molecule has 0 saturated carbocycles. The maximum absolute atomic E-state index is 12.9. The summed E-state index contributed by atoms with van der Waals surface area (Å²) in [6.07, 6.45) is 4.89. The predicted octanol–water partition coefficient (Wildman–Crippen LogP) is 4.07. The minimum absolute atomic E-state index is 0.0715. The Labute approximate surface area is 189 Å². The molecule has 3 aromatic rings. The molecule has 1 aliphatic heterocycles. The average molecular weight is 446 g/mol. The number of fused-ring (bicyclic) bond motifs is 1. The predicted molar refractivity (Wildman–Crippen MR) is 119 cm³/mol. The lowest BCUT2D eigenvalue weighted by atomic mass is 9.99. The maximum atomic E-state index is 12.9. The maximum Gasteiger partial charge on any atom is 0.374 e. The molecule has 2 atom stereocenters. The molecular weight excluding hydrogens is 424 g/mol. The van der Waals surface area contributed by atoms with Gasteiger partial charge < -0.3 is 19.8 Å². The molecule has 2 aromatic heterocycles. The number of benzene rings is 1. The van der Waals surface area contributed by atoms with E-state index in [0.29, 0.717) is 25.1 Å². The van der Waals surface area contributed by atoms with Crippen molar-refractivity contribution in [3.8, 4) is 22.5 Å². The number of nitrogens with zero attached hydrogens (tertiary/aromatic N) is 3. The highest BCUT2D eigenvalue weighted by atomic mass is 16.6. The van der Waals surface area contributed by atoms with Crippen molar-refractivity contribution in [2.75, 3.05) is 13.1 Å². The van der Waals surface area contributed by atoms with Gasteiger partial charge in [0.05, 0.1) is 6.54 Å². The number of nitroso groups, excluding NO2 is 1. The van der Waals surface area contributed by atoms with Gasteiger partial charge in [-0.15, -0.1) is 0 Å². The number of furan rings is 1. The van der Waals surface area contributed by atoms with Gasteiger partial charge in [-0.1, -0.05) is 17.3 Å². The largest absolute Gasteiger partial charge is 0.455 e. The van der Waals surface area contributed by atoms with E-state index in [1.807, 2.05) is 30.3 Å². The fourth-order valence-corrected chi connectivity index (χ4v) is 4.53. The molecule has 2 N–H and O–H groups in total. The number of ether oxygens (including phenoxy) is 1. The molecule has 1 aromatic carbocycles. The molecule has 5 rings (SSSR count). The second-order valence-electron chi connectivity index (χ2n) is 8.26. The smallest absolute Gasteiger partial charge is 0.374 e. The van der Waals surface area contributed by atoms with Crippen molar-refractivity contribution >= 4 is 12.0 Å². The summed E-state index contributed by atoms with van der Waals surface area (Å²) in [5.41, 5.74) is 9.67. The van der Waals surface area contributed by atoms with Crippen molar-refractivity contribution in [3.63, 3.8) is 0 Å². The Balaban J connectivity index is 1.47. The number of pyridine rings is 1. The quantitative estimate of drug-likeness (QED) is 0.465. The second-order valence-corrected chi connectivity index (χ2v) is 8.26. The van der Waals surface area contributed by atoms with E-state index in [-0.39, 0.29) is 18.3 Å². The molecule has 1 aliphatic carbocycles. The third-order valence-electron chi connectivity index (χ3n) is 6.23. The molecular formula is C24H22N4O5. The van der Waals surface area contributed by atoms with Crippen molar-refractivity contribution in [2.45, 2.75) is 31.4 Å². The van der Waals surface area contributed by atoms with E-state index in [9.17, 15) is 14.5 Å². The summed E-state index contributed by atoms with van der Waals surface area (Å²) < 4.78 is 11.6. The first kappa shape index (κ1) is 20.9. The van der Waals surface area contributed by atoms with E-state index in [4.69, 9.17) is 14.9 Å². The van der Waals surface area contributed by atoms with Crippen LogP contribution in [0.2, 0.25) is 0 Å². The second kappa shape index (κ2) is 8.50. The van der Waals surface area contributed by atoms with Gasteiger partial charge in [0.15, 0.2) is 0 Å². The monoisotopic (exact) mass is 446 g/mol. The Morgan fingerprint density at radius 3 is 2.67 bits per heavy atom. The Bertz CT molecular complexity index is 1220. The standard InChI is InChI=1S/C24H22N4O5/c25-24(30)28-10-7-17(13-28)32-23(29)21-12-19(14-5-8-26-9-6-14)22(33-21)16-1-3-18-15(11-16)2-4-20(18)27-31/h1,3,5-6,8-9,11-12,17,20H,2,4,7,10,13H2,(H2,25,30). The number of likely N-dealkylation sites (tertiary alicyclic amines) is 1. The van der Waals surface area contributed by atoms with Gasteiger partial charge in [0.25, 0.3) is 0 Å². The lowest BCUT2D eigenvalue weighted by Crippen LogP contribution is -2.34. The molecule has 2 unspecified atom stereocenters. The number of aromatic nitrogens is 1. The fraction of sp³-hybridized carbons (Fsp3) is 0.292. The molecule has 0 spiro atoms. The van der Waals surface area contributed by atoms with E-state index in [1.165, 1.54) is 4.90 Å². The number of primary amides is 1. The SMILES string of the molecule is NC(=O)N1CCC(OC(=O)c2cc(-c3ccncc3)c(-c3ccc4c(c3)CCC4N=O)o2)C1. The molecule has 0 bridgehead atoms. The molecule has 9 nitrogen and oxygen atoms in total. The summed E-state index contributed by atoms with van der Waals surface area (Å²) in [4.78, 5) is 40.8. The highest BCUT2D eigenvalue weighted by molar-refractivity contribution is 5.92. The van der Waals surface area contributed by atoms with Crippen LogP contribution in [0.5, 0.6) is 0 Å². The zero-order valence-corrected chi connectivity index (χ0v) is 17.8. The van der Waals surface area contributed by atoms with E-state index < -0.39 is 18.1 Å². The summed E-state index contributed by atoms with van der Waals surface area (Å²) in [6, 6.07) is 10.3. The number of hydrogen-bond donors (Lipinski definition) is 1. The van der Waals surface area contributed by atoms with Gasteiger partial charge in [-0.25, -0.2) is 9.59 Å². The van der Waals surface area contributed by atoms with Crippen molar-refractivity contribution in [2.24, 2.45) is 10.9 Å². The lowest BCUT2D eigenvalue weighted by Gasteiger charge is -2.13. The number of urea groups is 1. The number of carbonyl (C=O) groups is 2. The van der Waals surface area contributed by atoms with Crippen LogP contribution in [0.15, 0.2) is 58.4 Å². The fourth-order valence-electron chi connectivity index (χ4n) is 4.53. The number of hydrogen-bond acceptors (Lipinski definition) is 7. The average Bonchev–Trinajstić information content (AvgIpc) is 3.57. The summed E-state index contributed by atoms with van der Waals surface area (Å²) in [5.74, 6) is 0.00479. The summed E-state index contributed by atoms with van der Waals surface area (Å²) in [7, 11) is 0. The van der Waals surface area contributed by atoms with Crippen molar-refractivity contribution < 1.29 is 18.7 Å². The molecule has 0 radical (unpaired) electrons. The van der Waals surface area contributed by atoms with Crippen LogP contribution >= 0.6 is 0 Å². The van der Waals surface area contributed by atoms with Crippen LogP contribution in [0, 0.1) is 4.91 Å². The summed E-state index contributed by atoms with van der Waals surface area (Å²) >= 11 is 0. The zero-order valence-electron chi connectivity index (χ0n) is 17.8. The Hall–Kier alpha value is -4.01. The Morgan fingerprint density at radius 2 is 1.94 bits per heavy atom. The van der Waals surface area contributed by atoms with Gasteiger partial charge in [-0.05, 0) is 53.8 Å². The van der Waals surface area contributed by atoms with Crippen LogP contribution in [0.25, 0.3) is 22.5 Å². The van der Waals surface area contributed by atoms with Crippen molar-refractivity contribution in [1.82, 2.24) is 9.88 Å². The van der Waals surface area contributed by atoms with Crippen LogP contribution in [-0.2, 0) is 11.2 Å². The lowest BCUT2D eigenvalue weighted by molar-refractivity contribution is 0.0293. The van der Waals surface area contributed by atoms with Crippen LogP contribution in [0.4, 0.5) is 4.79 Å². The first-order valence-corrected chi connectivity index (χ1v) is 10.8. The number of esters is 1. The number of aryl methyl sites for hydroxylation is 1. The highest BCUT2D eigenvalue weighted by Gasteiger charge is 2.30. The minimum Gasteiger partial charge on any atom is -0.455 e. The summed E-state index contributed by atoms with van der Waals surface area (Å²) in [6.45, 7) is 0.716. The van der Waals surface area contributed by atoms with Gasteiger partial charge in [-0.3, -0.25) is 4.98 Å². The van der Waals surface area contributed by atoms with E-state index in [1.54, 1.807) is 18.5 Å². The van der Waals surface area contributed by atoms with Crippen LogP contribution in [-0.4, -0.2) is 41.1 Å². The molecule has 1 saturated heterocycles. The van der Waals surface area contributed by atoms with Gasteiger partial charge in [0, 0.05) is 36.5 Å². The summed E-state index contributed by atoms with van der Waals surface area (Å²) in [5, 5.41) is 3.21. The minimum atomic E-state index is -0.598. The van der Waals surface area contributed by atoms with E-state index in [2.05, 4.69) is 10.2 Å². The normalized spacial score (nSPS) is 19.3. The number of carbonyl (C=O) groups excluding carboxylic acids is 2. The number of amides is 2. The molecule has 9 heteroatoms. The van der Waals surface area contributed by atoms with Crippen LogP contribution < -0.4 is 5.73 Å². The molecule has 168 valence electrons. The third-order valence-corrected chi connectivity index (χ3v) is 6.23. The molecule has 33 heavy (non-hydrogen) atoms. The van der Waals surface area contributed by atoms with E-state index in [0.717, 1.165) is 34.2 Å². The number of nitrogens with two attached hydrogens (primary N) is 1. The van der Waals surface area contributed by atoms with E-state index >= 15 is 0 Å². The van der Waals surface area contributed by atoms with Crippen molar-refractivity contribution in [1.29, 1.82) is 0 Å². The Kier molecular flexibility index (Phi) is 5.37. The van der Waals surface area contributed by atoms with Gasteiger partial charge in [0.1, 0.15) is 17.9 Å². The molecule has 2 amide bonds. The van der Waals surface area contributed by atoms with Crippen LogP contribution in [0.3, 0.4) is 0 Å². The number of rotatable bonds is 5. The highest BCUT2D eigenvalue weighted by Crippen LogP contribution is 2.40. The molecule has 3 heterocycles. The first-order chi connectivity index (χ1) is 16.0. The third kappa shape index (κ3) is 3.97.